The van der Waals surface area contributed by atoms with Gasteiger partial charge in [0, 0.05) is 6.20 Å². The summed E-state index contributed by atoms with van der Waals surface area (Å²) in [4.78, 5) is 27.3. The Labute approximate surface area is 123 Å². The lowest BCUT2D eigenvalue weighted by Crippen LogP contribution is -2.31. The Morgan fingerprint density at radius 3 is 2.52 bits per heavy atom. The standard InChI is InChI=1S/C16H16N2O3/c1-12(13-7-3-2-4-8-13)18-15(19)11-21-16(20)14-9-5-6-10-17-14/h2-10,12H,11H2,1H3,(H,18,19). The van der Waals surface area contributed by atoms with Crippen molar-refractivity contribution in [3.05, 3.63) is 66.0 Å². The fraction of sp³-hybridized carbons (Fsp3) is 0.188. The van der Waals surface area contributed by atoms with Crippen molar-refractivity contribution < 1.29 is 14.3 Å². The molecular weight excluding hydrogens is 268 g/mol. The summed E-state index contributed by atoms with van der Waals surface area (Å²) >= 11 is 0. The predicted molar refractivity (Wildman–Crippen MR) is 77.5 cm³/mol. The number of carbonyl (C=O) groups excluding carboxylic acids is 2. The predicted octanol–water partition coefficient (Wildman–Crippen LogP) is 2.12. The molecule has 0 saturated carbocycles. The molecule has 1 amide bonds. The Balaban J connectivity index is 1.81. The first-order valence-electron chi connectivity index (χ1n) is 6.59. The molecule has 2 rings (SSSR count). The first kappa shape index (κ1) is 14.7. The fourth-order valence-corrected chi connectivity index (χ4v) is 1.80. The number of hydrogen-bond donors (Lipinski definition) is 1. The van der Waals surface area contributed by atoms with Gasteiger partial charge in [0.25, 0.3) is 5.91 Å². The molecule has 5 heteroatoms. The van der Waals surface area contributed by atoms with E-state index in [1.54, 1.807) is 12.1 Å². The Kier molecular flexibility index (Phi) is 5.04. The van der Waals surface area contributed by atoms with Crippen LogP contribution in [0, 0.1) is 0 Å². The highest BCUT2D eigenvalue weighted by Gasteiger charge is 2.13. The first-order valence-corrected chi connectivity index (χ1v) is 6.59. The Morgan fingerprint density at radius 1 is 1.14 bits per heavy atom. The second-order valence-corrected chi connectivity index (χ2v) is 4.49. The minimum absolute atomic E-state index is 0.146. The summed E-state index contributed by atoms with van der Waals surface area (Å²) in [6.45, 7) is 1.54. The van der Waals surface area contributed by atoms with Crippen LogP contribution in [0.4, 0.5) is 0 Å². The molecular formula is C16H16N2O3. The minimum atomic E-state index is -0.613. The number of nitrogens with zero attached hydrogens (tertiary/aromatic N) is 1. The van der Waals surface area contributed by atoms with E-state index >= 15 is 0 Å². The summed E-state index contributed by atoms with van der Waals surface area (Å²) in [5, 5.41) is 2.77. The fourth-order valence-electron chi connectivity index (χ4n) is 1.80. The highest BCUT2D eigenvalue weighted by atomic mass is 16.5. The summed E-state index contributed by atoms with van der Waals surface area (Å²) < 4.78 is 4.91. The molecule has 0 aliphatic heterocycles. The van der Waals surface area contributed by atoms with Gasteiger partial charge < -0.3 is 10.1 Å². The van der Waals surface area contributed by atoms with Gasteiger partial charge in [-0.15, -0.1) is 0 Å². The summed E-state index contributed by atoms with van der Waals surface area (Å²) in [5.74, 6) is -0.964. The van der Waals surface area contributed by atoms with E-state index in [0.717, 1.165) is 5.56 Å². The van der Waals surface area contributed by atoms with Gasteiger partial charge in [0.05, 0.1) is 6.04 Å². The molecule has 1 heterocycles. The third kappa shape index (κ3) is 4.42. The van der Waals surface area contributed by atoms with Gasteiger partial charge in [0.2, 0.25) is 0 Å². The summed E-state index contributed by atoms with van der Waals surface area (Å²) in [7, 11) is 0. The molecule has 0 aliphatic carbocycles. The lowest BCUT2D eigenvalue weighted by Gasteiger charge is -2.14. The van der Waals surface area contributed by atoms with E-state index in [1.807, 2.05) is 37.3 Å². The highest BCUT2D eigenvalue weighted by molar-refractivity contribution is 5.89. The first-order chi connectivity index (χ1) is 10.2. The quantitative estimate of drug-likeness (QED) is 0.854. The summed E-state index contributed by atoms with van der Waals surface area (Å²) in [6, 6.07) is 14.3. The average Bonchev–Trinajstić information content (AvgIpc) is 2.54. The van der Waals surface area contributed by atoms with Gasteiger partial charge in [-0.1, -0.05) is 36.4 Å². The molecule has 108 valence electrons. The van der Waals surface area contributed by atoms with Crippen molar-refractivity contribution in [2.75, 3.05) is 6.61 Å². The molecule has 1 aromatic heterocycles. The summed E-state index contributed by atoms with van der Waals surface area (Å²) in [5.41, 5.74) is 1.17. The molecule has 21 heavy (non-hydrogen) atoms. The van der Waals surface area contributed by atoms with Crippen molar-refractivity contribution in [1.29, 1.82) is 0 Å². The van der Waals surface area contributed by atoms with Gasteiger partial charge in [0.15, 0.2) is 6.61 Å². The number of hydrogen-bond acceptors (Lipinski definition) is 4. The number of benzene rings is 1. The number of nitrogens with one attached hydrogen (secondary N) is 1. The SMILES string of the molecule is CC(NC(=O)COC(=O)c1ccccn1)c1ccccc1. The number of pyridine rings is 1. The van der Waals surface area contributed by atoms with Crippen LogP contribution in [0.1, 0.15) is 29.0 Å². The van der Waals surface area contributed by atoms with Crippen LogP contribution in [0.2, 0.25) is 0 Å². The molecule has 0 spiro atoms. The molecule has 2 aromatic rings. The maximum absolute atomic E-state index is 11.8. The van der Waals surface area contributed by atoms with Crippen LogP contribution in [-0.4, -0.2) is 23.5 Å². The van der Waals surface area contributed by atoms with E-state index in [2.05, 4.69) is 10.3 Å². The smallest absolute Gasteiger partial charge is 0.357 e. The van der Waals surface area contributed by atoms with Crippen molar-refractivity contribution in [1.82, 2.24) is 10.3 Å². The van der Waals surface area contributed by atoms with Gasteiger partial charge >= 0.3 is 5.97 Å². The monoisotopic (exact) mass is 284 g/mol. The maximum atomic E-state index is 11.8. The number of esters is 1. The third-order valence-corrected chi connectivity index (χ3v) is 2.89. The van der Waals surface area contributed by atoms with E-state index in [0.29, 0.717) is 0 Å². The molecule has 1 atom stereocenters. The molecule has 0 radical (unpaired) electrons. The zero-order valence-electron chi connectivity index (χ0n) is 11.7. The average molecular weight is 284 g/mol. The number of amides is 1. The van der Waals surface area contributed by atoms with Crippen LogP contribution in [0.5, 0.6) is 0 Å². The van der Waals surface area contributed by atoms with E-state index in [1.165, 1.54) is 12.3 Å². The Hall–Kier alpha value is -2.69. The van der Waals surface area contributed by atoms with Crippen LogP contribution in [-0.2, 0) is 9.53 Å². The van der Waals surface area contributed by atoms with E-state index in [4.69, 9.17) is 4.74 Å². The normalized spacial score (nSPS) is 11.5. The van der Waals surface area contributed by atoms with Crippen LogP contribution in [0.3, 0.4) is 0 Å². The van der Waals surface area contributed by atoms with Crippen molar-refractivity contribution >= 4 is 11.9 Å². The van der Waals surface area contributed by atoms with Crippen molar-refractivity contribution in [3.63, 3.8) is 0 Å². The minimum Gasteiger partial charge on any atom is -0.451 e. The lowest BCUT2D eigenvalue weighted by atomic mass is 10.1. The second kappa shape index (κ2) is 7.19. The molecule has 0 fully saturated rings. The highest BCUT2D eigenvalue weighted by Crippen LogP contribution is 2.10. The molecule has 0 saturated heterocycles. The van der Waals surface area contributed by atoms with Gasteiger partial charge in [-0.3, -0.25) is 4.79 Å². The second-order valence-electron chi connectivity index (χ2n) is 4.49. The largest absolute Gasteiger partial charge is 0.451 e. The lowest BCUT2D eigenvalue weighted by molar-refractivity contribution is -0.124. The van der Waals surface area contributed by atoms with Crippen molar-refractivity contribution in [2.45, 2.75) is 13.0 Å². The zero-order chi connectivity index (χ0) is 15.1. The molecule has 1 unspecified atom stereocenters. The molecule has 1 aromatic carbocycles. The van der Waals surface area contributed by atoms with Gasteiger partial charge in [-0.25, -0.2) is 9.78 Å². The summed E-state index contributed by atoms with van der Waals surface area (Å²) in [6.07, 6.45) is 1.49. The van der Waals surface area contributed by atoms with E-state index < -0.39 is 5.97 Å². The van der Waals surface area contributed by atoms with Crippen molar-refractivity contribution in [3.8, 4) is 0 Å². The van der Waals surface area contributed by atoms with Gasteiger partial charge in [0.1, 0.15) is 5.69 Å². The Bertz CT molecular complexity index is 599. The maximum Gasteiger partial charge on any atom is 0.357 e. The van der Waals surface area contributed by atoms with Crippen LogP contribution >= 0.6 is 0 Å². The van der Waals surface area contributed by atoms with E-state index in [-0.39, 0.29) is 24.2 Å². The Morgan fingerprint density at radius 2 is 1.86 bits per heavy atom. The van der Waals surface area contributed by atoms with Gasteiger partial charge in [-0.05, 0) is 24.6 Å². The van der Waals surface area contributed by atoms with Crippen LogP contribution in [0.15, 0.2) is 54.7 Å². The molecule has 0 bridgehead atoms. The van der Waals surface area contributed by atoms with Crippen LogP contribution in [0.25, 0.3) is 0 Å². The van der Waals surface area contributed by atoms with Gasteiger partial charge in [-0.2, -0.15) is 0 Å². The topological polar surface area (TPSA) is 68.3 Å². The third-order valence-electron chi connectivity index (χ3n) is 2.89. The number of aromatic nitrogens is 1. The number of carbonyl (C=O) groups is 2. The number of ether oxygens (including phenoxy) is 1. The van der Waals surface area contributed by atoms with E-state index in [9.17, 15) is 9.59 Å². The van der Waals surface area contributed by atoms with Crippen molar-refractivity contribution in [2.24, 2.45) is 0 Å². The molecule has 5 nitrogen and oxygen atoms in total. The molecule has 0 aliphatic rings. The van der Waals surface area contributed by atoms with Crippen LogP contribution < -0.4 is 5.32 Å². The molecule has 1 N–H and O–H groups in total. The zero-order valence-corrected chi connectivity index (χ0v) is 11.7. The number of rotatable bonds is 5.